The Kier molecular flexibility index (Phi) is 6.78. The maximum absolute atomic E-state index is 13.2. The number of nitrogens with one attached hydrogen (secondary N) is 1. The van der Waals surface area contributed by atoms with Gasteiger partial charge in [-0.2, -0.15) is 13.2 Å². The molecule has 3 N–H and O–H groups in total. The normalized spacial score (nSPS) is 28.2. The van der Waals surface area contributed by atoms with Gasteiger partial charge in [0.15, 0.2) is 0 Å². The van der Waals surface area contributed by atoms with Crippen molar-refractivity contribution in [2.24, 2.45) is 23.5 Å². The van der Waals surface area contributed by atoms with Crippen LogP contribution < -0.4 is 11.1 Å². The van der Waals surface area contributed by atoms with Gasteiger partial charge in [0.2, 0.25) is 5.91 Å². The van der Waals surface area contributed by atoms with Crippen molar-refractivity contribution < 1.29 is 18.0 Å². The number of rotatable bonds is 4. The van der Waals surface area contributed by atoms with E-state index < -0.39 is 24.0 Å². The standard InChI is InChI=1S/C14H23F3N2O.ClH/c15-14(16,17)12(9-4-1-2-5-9)19-13(20)11-7-3-6-10(11)8-18;/h9-12H,1-8,18H2,(H,19,20);1H/t10-,11-,12?;/m1./s1. The topological polar surface area (TPSA) is 55.1 Å². The van der Waals surface area contributed by atoms with Crippen molar-refractivity contribution >= 4 is 18.3 Å². The van der Waals surface area contributed by atoms with Crippen molar-refractivity contribution in [1.29, 1.82) is 0 Å². The molecule has 2 aliphatic carbocycles. The van der Waals surface area contributed by atoms with Crippen molar-refractivity contribution in [3.8, 4) is 0 Å². The zero-order chi connectivity index (χ0) is 14.8. The van der Waals surface area contributed by atoms with Gasteiger partial charge in [0.25, 0.3) is 0 Å². The quantitative estimate of drug-likeness (QED) is 0.833. The van der Waals surface area contributed by atoms with Gasteiger partial charge in [-0.3, -0.25) is 4.79 Å². The van der Waals surface area contributed by atoms with Gasteiger partial charge in [-0.05, 0) is 44.1 Å². The number of halogens is 4. The minimum absolute atomic E-state index is 0. The lowest BCUT2D eigenvalue weighted by Crippen LogP contribution is -2.51. The number of carbonyl (C=O) groups is 1. The molecule has 3 atom stereocenters. The van der Waals surface area contributed by atoms with E-state index in [1.165, 1.54) is 0 Å². The summed E-state index contributed by atoms with van der Waals surface area (Å²) in [5.74, 6) is -1.22. The maximum atomic E-state index is 13.2. The Labute approximate surface area is 129 Å². The van der Waals surface area contributed by atoms with E-state index >= 15 is 0 Å². The summed E-state index contributed by atoms with van der Waals surface area (Å²) in [4.78, 5) is 12.2. The summed E-state index contributed by atoms with van der Waals surface area (Å²) in [6.45, 7) is 0.373. The number of hydrogen-bond acceptors (Lipinski definition) is 2. The van der Waals surface area contributed by atoms with E-state index in [2.05, 4.69) is 5.32 Å². The van der Waals surface area contributed by atoms with Crippen molar-refractivity contribution in [1.82, 2.24) is 5.32 Å². The summed E-state index contributed by atoms with van der Waals surface area (Å²) in [6.07, 6.45) is 0.758. The first-order valence-corrected chi connectivity index (χ1v) is 7.50. The highest BCUT2D eigenvalue weighted by Crippen LogP contribution is 2.37. The largest absolute Gasteiger partial charge is 0.408 e. The molecule has 0 heterocycles. The Morgan fingerprint density at radius 2 is 1.76 bits per heavy atom. The molecule has 0 aliphatic heterocycles. The third kappa shape index (κ3) is 4.49. The molecule has 1 unspecified atom stereocenters. The van der Waals surface area contributed by atoms with Crippen LogP contribution in [0.2, 0.25) is 0 Å². The first-order valence-electron chi connectivity index (χ1n) is 7.50. The monoisotopic (exact) mass is 328 g/mol. The summed E-state index contributed by atoms with van der Waals surface area (Å²) in [7, 11) is 0. The average molecular weight is 329 g/mol. The number of nitrogens with two attached hydrogens (primary N) is 1. The van der Waals surface area contributed by atoms with Crippen molar-refractivity contribution in [3.05, 3.63) is 0 Å². The molecule has 0 radical (unpaired) electrons. The molecule has 21 heavy (non-hydrogen) atoms. The van der Waals surface area contributed by atoms with Crippen LogP contribution in [0.15, 0.2) is 0 Å². The minimum atomic E-state index is -4.36. The fraction of sp³-hybridized carbons (Fsp3) is 0.929. The van der Waals surface area contributed by atoms with Crippen LogP contribution in [0, 0.1) is 17.8 Å². The summed E-state index contributed by atoms with van der Waals surface area (Å²) >= 11 is 0. The van der Waals surface area contributed by atoms with Gasteiger partial charge in [0.05, 0.1) is 0 Å². The van der Waals surface area contributed by atoms with E-state index in [9.17, 15) is 18.0 Å². The van der Waals surface area contributed by atoms with Gasteiger partial charge in [-0.15, -0.1) is 12.4 Å². The maximum Gasteiger partial charge on any atom is 0.408 e. The van der Waals surface area contributed by atoms with E-state index in [4.69, 9.17) is 5.73 Å². The second-order valence-electron chi connectivity index (χ2n) is 6.11. The van der Waals surface area contributed by atoms with E-state index in [0.717, 1.165) is 25.7 Å². The molecular formula is C14H24ClF3N2O. The predicted octanol–water partition coefficient (Wildman–Crippen LogP) is 3.02. The molecule has 1 amide bonds. The zero-order valence-corrected chi connectivity index (χ0v) is 12.8. The van der Waals surface area contributed by atoms with E-state index in [0.29, 0.717) is 25.8 Å². The van der Waals surface area contributed by atoms with E-state index in [-0.39, 0.29) is 24.2 Å². The van der Waals surface area contributed by atoms with Crippen molar-refractivity contribution in [3.63, 3.8) is 0 Å². The highest BCUT2D eigenvalue weighted by molar-refractivity contribution is 5.85. The Morgan fingerprint density at radius 1 is 1.14 bits per heavy atom. The van der Waals surface area contributed by atoms with Gasteiger partial charge in [-0.25, -0.2) is 0 Å². The Balaban J connectivity index is 0.00000220. The highest BCUT2D eigenvalue weighted by Gasteiger charge is 2.47. The smallest absolute Gasteiger partial charge is 0.344 e. The van der Waals surface area contributed by atoms with Gasteiger partial charge < -0.3 is 11.1 Å². The molecule has 0 saturated heterocycles. The van der Waals surface area contributed by atoms with Gasteiger partial charge in [0.1, 0.15) is 6.04 Å². The van der Waals surface area contributed by atoms with Gasteiger partial charge in [0, 0.05) is 5.92 Å². The molecule has 2 aliphatic rings. The van der Waals surface area contributed by atoms with E-state index in [1.54, 1.807) is 0 Å². The summed E-state index contributed by atoms with van der Waals surface area (Å²) in [5.41, 5.74) is 5.60. The highest BCUT2D eigenvalue weighted by atomic mass is 35.5. The van der Waals surface area contributed by atoms with Crippen molar-refractivity contribution in [2.45, 2.75) is 57.2 Å². The molecule has 2 fully saturated rings. The number of carbonyl (C=O) groups excluding carboxylic acids is 1. The third-order valence-electron chi connectivity index (χ3n) is 4.82. The lowest BCUT2D eigenvalue weighted by atomic mass is 9.92. The molecule has 0 aromatic heterocycles. The van der Waals surface area contributed by atoms with Crippen LogP contribution in [-0.2, 0) is 4.79 Å². The SMILES string of the molecule is Cl.NC[C@H]1CCC[C@H]1C(=O)NC(C1CCCC1)C(F)(F)F. The molecule has 0 spiro atoms. The third-order valence-corrected chi connectivity index (χ3v) is 4.82. The van der Waals surface area contributed by atoms with Gasteiger partial charge >= 0.3 is 6.18 Å². The fourth-order valence-corrected chi connectivity index (χ4v) is 3.68. The Hall–Kier alpha value is -0.490. The summed E-state index contributed by atoms with van der Waals surface area (Å²) in [6, 6.07) is -1.68. The molecule has 0 aromatic rings. The number of amides is 1. The number of alkyl halides is 3. The molecule has 3 nitrogen and oxygen atoms in total. The summed E-state index contributed by atoms with van der Waals surface area (Å²) in [5, 5.41) is 2.29. The Morgan fingerprint density at radius 3 is 2.29 bits per heavy atom. The first-order chi connectivity index (χ1) is 9.43. The molecule has 0 aromatic carbocycles. The van der Waals surface area contributed by atoms with E-state index in [1.807, 2.05) is 0 Å². The van der Waals surface area contributed by atoms with Gasteiger partial charge in [-0.1, -0.05) is 19.3 Å². The lowest BCUT2D eigenvalue weighted by Gasteiger charge is -2.29. The van der Waals surface area contributed by atoms with Crippen molar-refractivity contribution in [2.75, 3.05) is 6.54 Å². The molecule has 2 saturated carbocycles. The van der Waals surface area contributed by atoms with Crippen LogP contribution in [-0.4, -0.2) is 24.7 Å². The summed E-state index contributed by atoms with van der Waals surface area (Å²) < 4.78 is 39.5. The van der Waals surface area contributed by atoms with Crippen LogP contribution in [0.3, 0.4) is 0 Å². The Bertz CT molecular complexity index is 346. The second-order valence-corrected chi connectivity index (χ2v) is 6.11. The van der Waals surface area contributed by atoms with Crippen LogP contribution in [0.1, 0.15) is 44.9 Å². The first kappa shape index (κ1) is 18.6. The molecule has 7 heteroatoms. The number of hydrogen-bond donors (Lipinski definition) is 2. The molecule has 124 valence electrons. The molecule has 0 bridgehead atoms. The predicted molar refractivity (Wildman–Crippen MR) is 77.1 cm³/mol. The fourth-order valence-electron chi connectivity index (χ4n) is 3.68. The van der Waals surface area contributed by atoms with Crippen LogP contribution in [0.25, 0.3) is 0 Å². The lowest BCUT2D eigenvalue weighted by molar-refractivity contribution is -0.173. The molecule has 2 rings (SSSR count). The van der Waals surface area contributed by atoms with Crippen LogP contribution in [0.4, 0.5) is 13.2 Å². The second kappa shape index (κ2) is 7.68. The van der Waals surface area contributed by atoms with Crippen LogP contribution in [0.5, 0.6) is 0 Å². The minimum Gasteiger partial charge on any atom is -0.344 e. The zero-order valence-electron chi connectivity index (χ0n) is 12.0. The molecular weight excluding hydrogens is 305 g/mol. The average Bonchev–Trinajstić information content (AvgIpc) is 3.04. The van der Waals surface area contributed by atoms with Crippen LogP contribution >= 0.6 is 12.4 Å².